The number of aliphatic hydroxyl groups excluding tert-OH is 1. The van der Waals surface area contributed by atoms with Crippen LogP contribution >= 0.6 is 11.8 Å². The number of thioether (sulfide) groups is 1. The quantitative estimate of drug-likeness (QED) is 0.347. The Morgan fingerprint density at radius 2 is 1.94 bits per heavy atom. The first-order valence-corrected chi connectivity index (χ1v) is 11.6. The molecule has 0 fully saturated rings. The van der Waals surface area contributed by atoms with Crippen molar-refractivity contribution < 1.29 is 9.84 Å². The minimum absolute atomic E-state index is 0.0781. The van der Waals surface area contributed by atoms with Crippen molar-refractivity contribution in [3.05, 3.63) is 50.7 Å². The fraction of sp³-hybridized carbons (Fsp3) is 0.500. The molecule has 3 aromatic rings. The fourth-order valence-electron chi connectivity index (χ4n) is 3.29. The maximum absolute atomic E-state index is 12.5. The average molecular weight is 447 g/mol. The summed E-state index contributed by atoms with van der Waals surface area (Å²) in [5, 5.41) is 11.2. The van der Waals surface area contributed by atoms with Gasteiger partial charge in [0, 0.05) is 12.8 Å². The van der Waals surface area contributed by atoms with Gasteiger partial charge in [-0.3, -0.25) is 14.3 Å². The number of imidazole rings is 1. The maximum atomic E-state index is 12.5. The lowest BCUT2D eigenvalue weighted by molar-refractivity contribution is 0.0913. The van der Waals surface area contributed by atoms with Crippen molar-refractivity contribution in [3.63, 3.8) is 0 Å². The van der Waals surface area contributed by atoms with Crippen LogP contribution in [0.2, 0.25) is 0 Å². The number of H-pyrrole nitrogens is 1. The van der Waals surface area contributed by atoms with Crippen LogP contribution in [0.1, 0.15) is 38.7 Å². The molecule has 31 heavy (non-hydrogen) atoms. The number of nitrogens with zero attached hydrogens (tertiary/aromatic N) is 3. The van der Waals surface area contributed by atoms with Crippen LogP contribution in [0.4, 0.5) is 0 Å². The molecular weight excluding hydrogens is 416 g/mol. The highest BCUT2D eigenvalue weighted by Gasteiger charge is 2.20. The van der Waals surface area contributed by atoms with Crippen molar-refractivity contribution in [3.8, 4) is 5.75 Å². The van der Waals surface area contributed by atoms with Gasteiger partial charge in [0.15, 0.2) is 16.3 Å². The van der Waals surface area contributed by atoms with E-state index < -0.39 is 17.4 Å². The molecule has 0 saturated carbocycles. The molecule has 1 atom stereocenters. The van der Waals surface area contributed by atoms with Gasteiger partial charge in [-0.25, -0.2) is 9.78 Å². The number of hydrogen-bond donors (Lipinski definition) is 2. The molecule has 2 N–H and O–H groups in total. The second kappa shape index (κ2) is 10.7. The van der Waals surface area contributed by atoms with Crippen LogP contribution in [-0.4, -0.2) is 42.7 Å². The van der Waals surface area contributed by atoms with E-state index in [9.17, 15) is 14.7 Å². The second-order valence-corrected chi connectivity index (χ2v) is 8.58. The molecule has 0 spiro atoms. The van der Waals surface area contributed by atoms with Crippen molar-refractivity contribution in [2.24, 2.45) is 7.05 Å². The first-order chi connectivity index (χ1) is 14.9. The first kappa shape index (κ1) is 23.1. The number of fused-ring (bicyclic) bond motifs is 1. The molecule has 0 aliphatic heterocycles. The van der Waals surface area contributed by atoms with Gasteiger partial charge in [-0.1, -0.05) is 50.6 Å². The van der Waals surface area contributed by atoms with E-state index in [4.69, 9.17) is 4.74 Å². The number of unbranched alkanes of at least 4 members (excludes halogenated alkanes) is 2. The monoisotopic (exact) mass is 446 g/mol. The Labute approximate surface area is 185 Å². The molecule has 2 aromatic heterocycles. The van der Waals surface area contributed by atoms with Gasteiger partial charge in [0.2, 0.25) is 0 Å². The Kier molecular flexibility index (Phi) is 7.97. The number of rotatable bonds is 11. The number of aryl methyl sites for hydroxylation is 2. The zero-order chi connectivity index (χ0) is 22.4. The van der Waals surface area contributed by atoms with Crippen LogP contribution in [0.3, 0.4) is 0 Å². The molecular formula is C22H30N4O4S. The van der Waals surface area contributed by atoms with Gasteiger partial charge in [0.1, 0.15) is 18.5 Å². The van der Waals surface area contributed by atoms with Crippen molar-refractivity contribution >= 4 is 22.9 Å². The predicted molar refractivity (Wildman–Crippen MR) is 123 cm³/mol. The highest BCUT2D eigenvalue weighted by molar-refractivity contribution is 7.99. The Bertz CT molecular complexity index is 1120. The molecule has 0 amide bonds. The summed E-state index contributed by atoms with van der Waals surface area (Å²) >= 11 is 1.53. The van der Waals surface area contributed by atoms with Crippen LogP contribution in [0, 0.1) is 0 Å². The summed E-state index contributed by atoms with van der Waals surface area (Å²) in [5.74, 6) is 1.53. The maximum Gasteiger partial charge on any atom is 0.329 e. The van der Waals surface area contributed by atoms with Gasteiger partial charge in [-0.2, -0.15) is 0 Å². The summed E-state index contributed by atoms with van der Waals surface area (Å²) in [5.41, 5.74) is 0.798. The smallest absolute Gasteiger partial charge is 0.329 e. The normalized spacial score (nSPS) is 12.4. The van der Waals surface area contributed by atoms with Gasteiger partial charge < -0.3 is 14.4 Å². The summed E-state index contributed by atoms with van der Waals surface area (Å²) in [6, 6.07) is 7.76. The van der Waals surface area contributed by atoms with Crippen molar-refractivity contribution in [1.29, 1.82) is 0 Å². The van der Waals surface area contributed by atoms with E-state index in [1.807, 2.05) is 24.3 Å². The molecule has 8 nitrogen and oxygen atoms in total. The number of ether oxygens (including phenoxy) is 1. The lowest BCUT2D eigenvalue weighted by Crippen LogP contribution is -2.30. The molecule has 2 heterocycles. The molecule has 0 saturated heterocycles. The zero-order valence-corrected chi connectivity index (χ0v) is 19.1. The summed E-state index contributed by atoms with van der Waals surface area (Å²) in [7, 11) is 1.57. The van der Waals surface area contributed by atoms with E-state index >= 15 is 0 Å². The topological polar surface area (TPSA) is 102 Å². The number of benzene rings is 1. The van der Waals surface area contributed by atoms with Crippen LogP contribution in [0.25, 0.3) is 11.2 Å². The average Bonchev–Trinajstić information content (AvgIpc) is 3.12. The van der Waals surface area contributed by atoms with Gasteiger partial charge in [0.25, 0.3) is 5.56 Å². The number of nitrogens with one attached hydrogen (secondary N) is 1. The predicted octanol–water partition coefficient (Wildman–Crippen LogP) is 2.71. The minimum atomic E-state index is -0.852. The van der Waals surface area contributed by atoms with E-state index in [0.717, 1.165) is 31.4 Å². The molecule has 0 aliphatic rings. The summed E-state index contributed by atoms with van der Waals surface area (Å²) < 4.78 is 8.74. The largest absolute Gasteiger partial charge is 0.491 e. The third-order valence-corrected chi connectivity index (χ3v) is 6.18. The zero-order valence-electron chi connectivity index (χ0n) is 18.3. The molecule has 1 aromatic carbocycles. The lowest BCUT2D eigenvalue weighted by atomic mass is 10.2. The van der Waals surface area contributed by atoms with Gasteiger partial charge in [-0.15, -0.1) is 0 Å². The van der Waals surface area contributed by atoms with E-state index in [1.165, 1.54) is 21.9 Å². The highest BCUT2D eigenvalue weighted by Crippen LogP contribution is 2.23. The second-order valence-electron chi connectivity index (χ2n) is 7.51. The van der Waals surface area contributed by atoms with Crippen molar-refractivity contribution in [2.75, 3.05) is 12.4 Å². The van der Waals surface area contributed by atoms with Crippen LogP contribution in [-0.2, 0) is 20.0 Å². The Morgan fingerprint density at radius 3 is 2.61 bits per heavy atom. The molecule has 168 valence electrons. The van der Waals surface area contributed by atoms with E-state index in [2.05, 4.69) is 23.8 Å². The van der Waals surface area contributed by atoms with Crippen LogP contribution < -0.4 is 16.0 Å². The number of aliphatic hydroxyl groups is 1. The summed E-state index contributed by atoms with van der Waals surface area (Å²) in [6.07, 6.45) is 3.35. The van der Waals surface area contributed by atoms with Gasteiger partial charge >= 0.3 is 5.69 Å². The van der Waals surface area contributed by atoms with Crippen molar-refractivity contribution in [2.45, 2.75) is 57.3 Å². The Balaban J connectivity index is 1.81. The third-order valence-electron chi connectivity index (χ3n) is 5.12. The standard InChI is InChI=1S/C22H30N4O4S/c1-4-6-7-12-31-22-23-19-18(20(28)24-21(29)25(19)3)26(22)13-16(27)14-30-17-10-8-15(5-2)9-11-17/h8-11,16,27H,4-7,12-14H2,1-3H3,(H,24,28,29). The van der Waals surface area contributed by atoms with Crippen LogP contribution in [0.15, 0.2) is 39.0 Å². The molecule has 3 rings (SSSR count). The van der Waals surface area contributed by atoms with Gasteiger partial charge in [-0.05, 0) is 30.5 Å². The van der Waals surface area contributed by atoms with Crippen molar-refractivity contribution in [1.82, 2.24) is 19.1 Å². The molecule has 0 aliphatic carbocycles. The molecule has 0 bridgehead atoms. The van der Waals surface area contributed by atoms with Crippen LogP contribution in [0.5, 0.6) is 5.75 Å². The SMILES string of the molecule is CCCCCSc1nc2c(c(=O)[nH]c(=O)n2C)n1CC(O)COc1ccc(CC)cc1. The molecule has 1 unspecified atom stereocenters. The number of aromatic amines is 1. The van der Waals surface area contributed by atoms with E-state index in [1.54, 1.807) is 11.6 Å². The summed E-state index contributed by atoms with van der Waals surface area (Å²) in [6.45, 7) is 4.45. The number of hydrogen-bond acceptors (Lipinski definition) is 6. The number of aromatic nitrogens is 4. The molecule has 9 heteroatoms. The van der Waals surface area contributed by atoms with Gasteiger partial charge in [0.05, 0.1) is 6.54 Å². The Morgan fingerprint density at radius 1 is 1.19 bits per heavy atom. The first-order valence-electron chi connectivity index (χ1n) is 10.7. The molecule has 0 radical (unpaired) electrons. The summed E-state index contributed by atoms with van der Waals surface area (Å²) in [4.78, 5) is 31.4. The lowest BCUT2D eigenvalue weighted by Gasteiger charge is -2.15. The van der Waals surface area contributed by atoms with E-state index in [0.29, 0.717) is 16.6 Å². The third kappa shape index (κ3) is 5.59. The fourth-order valence-corrected chi connectivity index (χ4v) is 4.29. The highest BCUT2D eigenvalue weighted by atomic mass is 32.2. The minimum Gasteiger partial charge on any atom is -0.491 e. The Hall–Kier alpha value is -2.52. The van der Waals surface area contributed by atoms with E-state index in [-0.39, 0.29) is 18.7 Å².